The van der Waals surface area contributed by atoms with Crippen LogP contribution in [-0.2, 0) is 14.8 Å². The summed E-state index contributed by atoms with van der Waals surface area (Å²) in [6.45, 7) is 5.37. The number of likely N-dealkylation sites (N-methyl/N-ethyl adjacent to an activating group) is 1. The van der Waals surface area contributed by atoms with Crippen molar-refractivity contribution in [1.82, 2.24) is 9.21 Å². The fraction of sp³-hybridized carbons (Fsp3) is 0.458. The number of carbonyl (C=O) groups is 1. The number of fused-ring (bicyclic) bond motifs is 1. The van der Waals surface area contributed by atoms with Crippen molar-refractivity contribution in [3.8, 4) is 16.9 Å². The van der Waals surface area contributed by atoms with Gasteiger partial charge in [-0.05, 0) is 42.3 Å². The predicted octanol–water partition coefficient (Wildman–Crippen LogP) is 3.13. The van der Waals surface area contributed by atoms with Gasteiger partial charge < -0.3 is 14.7 Å². The quantitative estimate of drug-likeness (QED) is 0.689. The summed E-state index contributed by atoms with van der Waals surface area (Å²) in [6, 6.07) is 10.0. The summed E-state index contributed by atoms with van der Waals surface area (Å²) in [5.41, 5.74) is 1.19. The molecule has 0 saturated heterocycles. The number of sulfonamides is 1. The first kappa shape index (κ1) is 25.1. The zero-order valence-corrected chi connectivity index (χ0v) is 20.2. The average molecular weight is 479 g/mol. The molecule has 2 aromatic rings. The smallest absolute Gasteiger partial charge is 0.247 e. The highest BCUT2D eigenvalue weighted by Gasteiger charge is 2.38. The number of aliphatic hydroxyl groups excluding tert-OH is 1. The summed E-state index contributed by atoms with van der Waals surface area (Å²) in [5.74, 6) is -0.579. The lowest BCUT2D eigenvalue weighted by Crippen LogP contribution is -2.50. The monoisotopic (exact) mass is 478 g/mol. The number of rotatable bonds is 6. The van der Waals surface area contributed by atoms with Crippen molar-refractivity contribution >= 4 is 15.9 Å². The minimum absolute atomic E-state index is 0.0238. The molecule has 2 aromatic carbocycles. The molecule has 0 bridgehead atoms. The van der Waals surface area contributed by atoms with E-state index in [-0.39, 0.29) is 42.2 Å². The molecule has 1 aliphatic rings. The molecule has 1 N–H and O–H groups in total. The number of hydrogen-bond acceptors (Lipinski definition) is 5. The summed E-state index contributed by atoms with van der Waals surface area (Å²) < 4.78 is 48.4. The van der Waals surface area contributed by atoms with Crippen LogP contribution >= 0.6 is 0 Å². The zero-order chi connectivity index (χ0) is 24.3. The molecule has 1 aliphatic heterocycles. The van der Waals surface area contributed by atoms with E-state index in [9.17, 15) is 22.7 Å². The zero-order valence-electron chi connectivity index (χ0n) is 19.4. The van der Waals surface area contributed by atoms with E-state index < -0.39 is 28.0 Å². The van der Waals surface area contributed by atoms with Crippen molar-refractivity contribution in [2.24, 2.45) is 5.92 Å². The van der Waals surface area contributed by atoms with E-state index in [2.05, 4.69) is 0 Å². The van der Waals surface area contributed by atoms with Crippen LogP contribution in [-0.4, -0.2) is 67.5 Å². The minimum Gasteiger partial charge on any atom is -0.487 e. The highest BCUT2D eigenvalue weighted by Crippen LogP contribution is 2.36. The van der Waals surface area contributed by atoms with E-state index in [0.717, 1.165) is 0 Å². The van der Waals surface area contributed by atoms with E-state index in [1.54, 1.807) is 50.1 Å². The lowest BCUT2D eigenvalue weighted by atomic mass is 10.0. The van der Waals surface area contributed by atoms with Gasteiger partial charge >= 0.3 is 0 Å². The van der Waals surface area contributed by atoms with Gasteiger partial charge in [-0.1, -0.05) is 32.0 Å². The number of carbonyl (C=O) groups excluding carboxylic acids is 1. The van der Waals surface area contributed by atoms with Crippen LogP contribution in [0, 0.1) is 11.7 Å². The van der Waals surface area contributed by atoms with E-state index in [0.29, 0.717) is 17.5 Å². The van der Waals surface area contributed by atoms with Crippen LogP contribution in [0.1, 0.15) is 27.2 Å². The van der Waals surface area contributed by atoms with Crippen molar-refractivity contribution in [2.45, 2.75) is 44.2 Å². The van der Waals surface area contributed by atoms with Gasteiger partial charge in [0.15, 0.2) is 0 Å². The molecule has 0 saturated carbocycles. The Labute approximate surface area is 194 Å². The fourth-order valence-electron chi connectivity index (χ4n) is 3.93. The highest BCUT2D eigenvalue weighted by atomic mass is 32.2. The van der Waals surface area contributed by atoms with Crippen LogP contribution in [0.4, 0.5) is 4.39 Å². The lowest BCUT2D eigenvalue weighted by molar-refractivity contribution is -0.131. The van der Waals surface area contributed by atoms with Crippen molar-refractivity contribution in [3.05, 3.63) is 48.3 Å². The molecule has 1 heterocycles. The standard InChI is InChI=1S/C24H31FN2O5S/c1-5-24(29)26(4)14-22-16(2)13-27(17(3)15-28)33(30,31)23-10-9-19(12-21(23)32-22)18-7-6-8-20(25)11-18/h6-12,16-17,22,28H,5,13-15H2,1-4H3/t16-,17-,22-/m1/s1. The molecule has 3 atom stereocenters. The summed E-state index contributed by atoms with van der Waals surface area (Å²) in [5, 5.41) is 9.72. The van der Waals surface area contributed by atoms with Crippen LogP contribution in [0.5, 0.6) is 5.75 Å². The van der Waals surface area contributed by atoms with E-state index in [4.69, 9.17) is 4.74 Å². The Bertz CT molecular complexity index is 1110. The second-order valence-electron chi connectivity index (χ2n) is 8.54. The number of aliphatic hydroxyl groups is 1. The van der Waals surface area contributed by atoms with Crippen molar-refractivity contribution in [1.29, 1.82) is 0 Å². The summed E-state index contributed by atoms with van der Waals surface area (Å²) in [7, 11) is -2.28. The number of amides is 1. The molecule has 0 spiro atoms. The molecule has 1 amide bonds. The van der Waals surface area contributed by atoms with Gasteiger partial charge in [0.2, 0.25) is 15.9 Å². The number of nitrogens with zero attached hydrogens (tertiary/aromatic N) is 2. The molecule has 0 fully saturated rings. The second-order valence-corrected chi connectivity index (χ2v) is 10.4. The largest absolute Gasteiger partial charge is 0.487 e. The Balaban J connectivity index is 2.12. The van der Waals surface area contributed by atoms with Gasteiger partial charge in [0.25, 0.3) is 0 Å². The maximum Gasteiger partial charge on any atom is 0.247 e. The molecule has 0 aromatic heterocycles. The first-order valence-electron chi connectivity index (χ1n) is 11.0. The number of halogens is 1. The third-order valence-corrected chi connectivity index (χ3v) is 8.03. The first-order chi connectivity index (χ1) is 15.6. The molecule has 0 aliphatic carbocycles. The molecule has 33 heavy (non-hydrogen) atoms. The molecule has 7 nitrogen and oxygen atoms in total. The third kappa shape index (κ3) is 5.37. The summed E-state index contributed by atoms with van der Waals surface area (Å²) in [4.78, 5) is 13.7. The topological polar surface area (TPSA) is 87.2 Å². The minimum atomic E-state index is -3.97. The Morgan fingerprint density at radius 2 is 1.97 bits per heavy atom. The number of hydrogen-bond donors (Lipinski definition) is 1. The average Bonchev–Trinajstić information content (AvgIpc) is 2.79. The Hall–Kier alpha value is -2.49. The highest BCUT2D eigenvalue weighted by molar-refractivity contribution is 7.89. The third-order valence-electron chi connectivity index (χ3n) is 6.01. The predicted molar refractivity (Wildman–Crippen MR) is 124 cm³/mol. The maximum absolute atomic E-state index is 13.8. The van der Waals surface area contributed by atoms with Gasteiger partial charge in [-0.2, -0.15) is 4.31 Å². The van der Waals surface area contributed by atoms with Crippen LogP contribution in [0.2, 0.25) is 0 Å². The number of benzene rings is 2. The Morgan fingerprint density at radius 3 is 2.61 bits per heavy atom. The molecule has 3 rings (SSSR count). The van der Waals surface area contributed by atoms with Crippen LogP contribution in [0.3, 0.4) is 0 Å². The van der Waals surface area contributed by atoms with Crippen LogP contribution in [0.25, 0.3) is 11.1 Å². The van der Waals surface area contributed by atoms with Crippen LogP contribution < -0.4 is 4.74 Å². The van der Waals surface area contributed by atoms with Gasteiger partial charge in [-0.15, -0.1) is 0 Å². The van der Waals surface area contributed by atoms with Gasteiger partial charge in [0, 0.05) is 32.0 Å². The van der Waals surface area contributed by atoms with Gasteiger partial charge in [-0.25, -0.2) is 12.8 Å². The van der Waals surface area contributed by atoms with Crippen molar-refractivity contribution < 1.29 is 27.4 Å². The fourth-order valence-corrected chi connectivity index (χ4v) is 5.76. The Morgan fingerprint density at radius 1 is 1.27 bits per heavy atom. The maximum atomic E-state index is 13.8. The van der Waals surface area contributed by atoms with Gasteiger partial charge in [-0.3, -0.25) is 4.79 Å². The second kappa shape index (κ2) is 10.2. The molecule has 9 heteroatoms. The SMILES string of the molecule is CCC(=O)N(C)C[C@H]1Oc2cc(-c3cccc(F)c3)ccc2S(=O)(=O)N([C@H](C)CO)C[C@H]1C. The van der Waals surface area contributed by atoms with Crippen LogP contribution in [0.15, 0.2) is 47.4 Å². The summed E-state index contributed by atoms with van der Waals surface area (Å²) >= 11 is 0. The molecule has 0 unspecified atom stereocenters. The normalized spacial score (nSPS) is 21.3. The Kier molecular flexibility index (Phi) is 7.76. The van der Waals surface area contributed by atoms with Gasteiger partial charge in [0.05, 0.1) is 13.2 Å². The van der Waals surface area contributed by atoms with Crippen molar-refractivity contribution in [3.63, 3.8) is 0 Å². The molecular weight excluding hydrogens is 447 g/mol. The van der Waals surface area contributed by atoms with E-state index >= 15 is 0 Å². The molecular formula is C24H31FN2O5S. The molecule has 180 valence electrons. The summed E-state index contributed by atoms with van der Waals surface area (Å²) in [6.07, 6.45) is -0.143. The van der Waals surface area contributed by atoms with Gasteiger partial charge in [0.1, 0.15) is 22.6 Å². The van der Waals surface area contributed by atoms with E-state index in [1.807, 2.05) is 6.92 Å². The molecule has 0 radical (unpaired) electrons. The number of ether oxygens (including phenoxy) is 1. The van der Waals surface area contributed by atoms with E-state index in [1.165, 1.54) is 22.5 Å². The first-order valence-corrected chi connectivity index (χ1v) is 12.5. The lowest BCUT2D eigenvalue weighted by Gasteiger charge is -2.37. The van der Waals surface area contributed by atoms with Crippen molar-refractivity contribution in [2.75, 3.05) is 26.7 Å².